The van der Waals surface area contributed by atoms with Gasteiger partial charge >= 0.3 is 0 Å². The number of nitrogens with zero attached hydrogens (tertiary/aromatic N) is 5. The number of anilines is 1. The highest BCUT2D eigenvalue weighted by Gasteiger charge is 2.26. The van der Waals surface area contributed by atoms with Crippen LogP contribution in [-0.2, 0) is 13.0 Å². The Morgan fingerprint density at radius 2 is 2.00 bits per heavy atom. The molecule has 28 heavy (non-hydrogen) atoms. The minimum absolute atomic E-state index is 0.0505. The Labute approximate surface area is 162 Å². The molecule has 1 amide bonds. The fourth-order valence-electron chi connectivity index (χ4n) is 3.45. The van der Waals surface area contributed by atoms with E-state index in [4.69, 9.17) is 0 Å². The maximum Gasteiger partial charge on any atom is 0.255 e. The van der Waals surface area contributed by atoms with E-state index in [1.54, 1.807) is 30.5 Å². The summed E-state index contributed by atoms with van der Waals surface area (Å²) in [6.45, 7) is 0.568. The van der Waals surface area contributed by atoms with Gasteiger partial charge in [-0.05, 0) is 42.8 Å². The van der Waals surface area contributed by atoms with E-state index >= 15 is 0 Å². The minimum atomic E-state index is -0.291. The van der Waals surface area contributed by atoms with Crippen LogP contribution in [0, 0.1) is 5.82 Å². The van der Waals surface area contributed by atoms with Crippen LogP contribution in [0.2, 0.25) is 0 Å². The molecule has 1 aliphatic heterocycles. The molecule has 4 rings (SSSR count). The number of benzene rings is 1. The molecule has 0 radical (unpaired) electrons. The molecule has 144 valence electrons. The van der Waals surface area contributed by atoms with Crippen LogP contribution < -0.4 is 10.2 Å². The van der Waals surface area contributed by atoms with Crippen LogP contribution in [-0.4, -0.2) is 45.8 Å². The Balaban J connectivity index is 1.54. The first kappa shape index (κ1) is 18.1. The second-order valence-corrected chi connectivity index (χ2v) is 7.04. The van der Waals surface area contributed by atoms with Gasteiger partial charge in [-0.2, -0.15) is 0 Å². The van der Waals surface area contributed by atoms with E-state index in [1.165, 1.54) is 12.1 Å². The van der Waals surface area contributed by atoms with Crippen LogP contribution in [0.3, 0.4) is 0 Å². The summed E-state index contributed by atoms with van der Waals surface area (Å²) in [6, 6.07) is 9.67. The molecular formula is C20H21FN6O. The topological polar surface area (TPSA) is 75.9 Å². The van der Waals surface area contributed by atoms with Crippen molar-refractivity contribution in [1.82, 2.24) is 25.1 Å². The second-order valence-electron chi connectivity index (χ2n) is 7.04. The predicted molar refractivity (Wildman–Crippen MR) is 104 cm³/mol. The van der Waals surface area contributed by atoms with Crippen LogP contribution in [0.25, 0.3) is 11.4 Å². The maximum atomic E-state index is 13.2. The van der Waals surface area contributed by atoms with E-state index in [0.717, 1.165) is 17.8 Å². The Kier molecular flexibility index (Phi) is 4.77. The summed E-state index contributed by atoms with van der Waals surface area (Å²) in [5.41, 5.74) is 1.34. The predicted octanol–water partition coefficient (Wildman–Crippen LogP) is 2.29. The van der Waals surface area contributed by atoms with Crippen LogP contribution in [0.4, 0.5) is 10.2 Å². The van der Waals surface area contributed by atoms with Crippen molar-refractivity contribution in [3.8, 4) is 11.4 Å². The number of pyridine rings is 1. The van der Waals surface area contributed by atoms with Gasteiger partial charge in [0.2, 0.25) is 0 Å². The summed E-state index contributed by atoms with van der Waals surface area (Å²) in [6.07, 6.45) is 3.17. The average molecular weight is 380 g/mol. The van der Waals surface area contributed by atoms with Gasteiger partial charge < -0.3 is 14.8 Å². The first-order valence-corrected chi connectivity index (χ1v) is 9.14. The van der Waals surface area contributed by atoms with E-state index < -0.39 is 0 Å². The van der Waals surface area contributed by atoms with Gasteiger partial charge in [0, 0.05) is 44.9 Å². The van der Waals surface area contributed by atoms with Gasteiger partial charge in [0.15, 0.2) is 5.82 Å². The smallest absolute Gasteiger partial charge is 0.255 e. The number of rotatable bonds is 4. The Morgan fingerprint density at radius 1 is 1.21 bits per heavy atom. The number of amides is 1. The van der Waals surface area contributed by atoms with Gasteiger partial charge in [0.25, 0.3) is 5.91 Å². The van der Waals surface area contributed by atoms with Gasteiger partial charge in [0.05, 0.1) is 5.56 Å². The molecule has 1 unspecified atom stereocenters. The summed E-state index contributed by atoms with van der Waals surface area (Å²) in [4.78, 5) is 18.9. The fourth-order valence-corrected chi connectivity index (χ4v) is 3.45. The van der Waals surface area contributed by atoms with Gasteiger partial charge in [-0.25, -0.2) is 9.37 Å². The van der Waals surface area contributed by atoms with E-state index in [-0.39, 0.29) is 17.8 Å². The van der Waals surface area contributed by atoms with Crippen LogP contribution in [0.15, 0.2) is 42.6 Å². The van der Waals surface area contributed by atoms with Gasteiger partial charge in [-0.15, -0.1) is 10.2 Å². The summed E-state index contributed by atoms with van der Waals surface area (Å²) >= 11 is 0. The van der Waals surface area contributed by atoms with Crippen LogP contribution in [0.1, 0.15) is 22.6 Å². The Hall–Kier alpha value is -3.29. The quantitative estimate of drug-likeness (QED) is 0.752. The number of halogens is 1. The van der Waals surface area contributed by atoms with E-state index in [1.807, 2.05) is 23.6 Å². The fraction of sp³-hybridized carbons (Fsp3) is 0.300. The van der Waals surface area contributed by atoms with Crippen molar-refractivity contribution in [1.29, 1.82) is 0 Å². The number of hydrogen-bond donors (Lipinski definition) is 1. The molecule has 1 aromatic carbocycles. The summed E-state index contributed by atoms with van der Waals surface area (Å²) < 4.78 is 15.2. The molecular weight excluding hydrogens is 359 g/mol. The molecule has 1 aliphatic rings. The van der Waals surface area contributed by atoms with Crippen molar-refractivity contribution in [3.63, 3.8) is 0 Å². The lowest BCUT2D eigenvalue weighted by Gasteiger charge is -2.26. The molecule has 0 saturated carbocycles. The molecule has 3 aromatic rings. The van der Waals surface area contributed by atoms with Crippen molar-refractivity contribution in [2.45, 2.75) is 25.4 Å². The van der Waals surface area contributed by atoms with Crippen molar-refractivity contribution < 1.29 is 9.18 Å². The lowest BCUT2D eigenvalue weighted by atomic mass is 10.1. The van der Waals surface area contributed by atoms with Crippen molar-refractivity contribution in [2.24, 2.45) is 0 Å². The number of aryl methyl sites for hydroxylation is 1. The molecule has 0 spiro atoms. The molecule has 0 bridgehead atoms. The third-order valence-corrected chi connectivity index (χ3v) is 4.84. The highest BCUT2D eigenvalue weighted by atomic mass is 19.1. The number of carbonyl (C=O) groups is 1. The third kappa shape index (κ3) is 3.45. The molecule has 0 fully saturated rings. The minimum Gasteiger partial charge on any atom is -0.362 e. The van der Waals surface area contributed by atoms with Crippen molar-refractivity contribution in [2.75, 3.05) is 19.0 Å². The lowest BCUT2D eigenvalue weighted by molar-refractivity contribution is 0.0928. The molecule has 7 nitrogen and oxygen atoms in total. The monoisotopic (exact) mass is 380 g/mol. The van der Waals surface area contributed by atoms with Crippen molar-refractivity contribution >= 4 is 11.7 Å². The second kappa shape index (κ2) is 7.38. The molecule has 0 saturated heterocycles. The zero-order valence-electron chi connectivity index (χ0n) is 15.8. The number of hydrogen-bond acceptors (Lipinski definition) is 5. The lowest BCUT2D eigenvalue weighted by Crippen LogP contribution is -2.41. The van der Waals surface area contributed by atoms with Crippen LogP contribution >= 0.6 is 0 Å². The first-order chi connectivity index (χ1) is 13.5. The van der Waals surface area contributed by atoms with Gasteiger partial charge in [0.1, 0.15) is 17.5 Å². The largest absolute Gasteiger partial charge is 0.362 e. The normalized spacial score (nSPS) is 15.8. The zero-order valence-corrected chi connectivity index (χ0v) is 15.8. The Morgan fingerprint density at radius 3 is 2.75 bits per heavy atom. The molecule has 0 aliphatic carbocycles. The molecule has 1 N–H and O–H groups in total. The van der Waals surface area contributed by atoms with Gasteiger partial charge in [-0.3, -0.25) is 4.79 Å². The number of fused-ring (bicyclic) bond motifs is 1. The maximum absolute atomic E-state index is 13.2. The van der Waals surface area contributed by atoms with E-state index in [2.05, 4.69) is 20.5 Å². The summed E-state index contributed by atoms with van der Waals surface area (Å²) in [7, 11) is 3.72. The van der Waals surface area contributed by atoms with E-state index in [0.29, 0.717) is 30.2 Å². The van der Waals surface area contributed by atoms with Gasteiger partial charge in [-0.1, -0.05) is 0 Å². The standard InChI is InChI=1S/C20H21FN6O/c1-26(2)19-16(4-3-11-22-19)20(28)23-15-9-10-17-24-25-18(27(17)12-15)13-5-7-14(21)8-6-13/h3-8,11,15H,9-10,12H2,1-2H3,(H,23,28). The highest BCUT2D eigenvalue weighted by molar-refractivity contribution is 5.99. The molecule has 8 heteroatoms. The number of nitrogens with one attached hydrogen (secondary N) is 1. The number of aromatic nitrogens is 4. The number of carbonyl (C=O) groups excluding carboxylic acids is 1. The summed E-state index contributed by atoms with van der Waals surface area (Å²) in [5.74, 6) is 1.75. The van der Waals surface area contributed by atoms with Crippen LogP contribution in [0.5, 0.6) is 0 Å². The SMILES string of the molecule is CN(C)c1ncccc1C(=O)NC1CCc2nnc(-c3ccc(F)cc3)n2C1. The molecule has 1 atom stereocenters. The first-order valence-electron chi connectivity index (χ1n) is 9.14. The van der Waals surface area contributed by atoms with Crippen molar-refractivity contribution in [3.05, 3.63) is 59.8 Å². The highest BCUT2D eigenvalue weighted by Crippen LogP contribution is 2.24. The Bertz CT molecular complexity index is 998. The molecule has 2 aromatic heterocycles. The molecule has 3 heterocycles. The zero-order chi connectivity index (χ0) is 19.7. The average Bonchev–Trinajstić information content (AvgIpc) is 3.12. The van der Waals surface area contributed by atoms with E-state index in [9.17, 15) is 9.18 Å². The summed E-state index contributed by atoms with van der Waals surface area (Å²) in [5, 5.41) is 11.6. The third-order valence-electron chi connectivity index (χ3n) is 4.84.